The summed E-state index contributed by atoms with van der Waals surface area (Å²) in [5.74, 6) is -0.302. The number of epoxide rings is 1. The van der Waals surface area contributed by atoms with Crippen molar-refractivity contribution in [3.05, 3.63) is 36.5 Å². The van der Waals surface area contributed by atoms with E-state index >= 15 is 0 Å². The first-order valence-electron chi connectivity index (χ1n) is 23.2. The lowest BCUT2D eigenvalue weighted by atomic mass is 10.0. The molecule has 0 aromatic carbocycles. The van der Waals surface area contributed by atoms with Gasteiger partial charge in [0.15, 0.2) is 6.10 Å². The number of carbonyl (C=O) groups is 2. The van der Waals surface area contributed by atoms with Gasteiger partial charge in [0, 0.05) is 12.8 Å². The van der Waals surface area contributed by atoms with E-state index in [0.717, 1.165) is 50.9 Å². The minimum atomic E-state index is -4.87. The molecule has 0 spiro atoms. The van der Waals surface area contributed by atoms with Crippen LogP contribution in [0.3, 0.4) is 0 Å². The smallest absolute Gasteiger partial charge is 0.462 e. The van der Waals surface area contributed by atoms with Crippen molar-refractivity contribution in [1.29, 1.82) is 0 Å². The first kappa shape index (κ1) is 57.3. The third kappa shape index (κ3) is 38.5. The Morgan fingerprint density at radius 2 is 1.16 bits per heavy atom. The van der Waals surface area contributed by atoms with Crippen LogP contribution in [-0.2, 0) is 46.5 Å². The summed E-state index contributed by atoms with van der Waals surface area (Å²) in [7, 11) is -9.70. The Morgan fingerprint density at radius 1 is 0.623 bits per heavy atom. The summed E-state index contributed by atoms with van der Waals surface area (Å²) in [6, 6.07) is 0. The number of ether oxygens (including phenoxy) is 3. The van der Waals surface area contributed by atoms with Gasteiger partial charge in [-0.05, 0) is 57.3 Å². The molecule has 61 heavy (non-hydrogen) atoms. The number of unbranched alkanes of at least 4 members (excludes halogenated alkanes) is 15. The van der Waals surface area contributed by atoms with Crippen LogP contribution >= 0.6 is 15.6 Å². The minimum absolute atomic E-state index is 0.0440. The number of hydrogen-bond donors (Lipinski definition) is 4. The summed E-state index contributed by atoms with van der Waals surface area (Å²) in [4.78, 5) is 52.9. The third-order valence-electron chi connectivity index (χ3n) is 10.1. The molecular formula is C45H82O14P2. The van der Waals surface area contributed by atoms with Gasteiger partial charge in [-0.15, -0.1) is 0 Å². The molecule has 1 saturated heterocycles. The fourth-order valence-corrected chi connectivity index (χ4v) is 7.66. The standard InChI is InChI=1S/C45H82O14P2/c1-4-5-6-7-8-9-10-15-18-21-24-27-31-42-43(59-42)32-29-34-45(48)58-41(38-57-61(52,53)56-36-40(46)35-55-60(49,50)51)37-54-44(47)33-28-25-22-19-16-13-11-12-14-17-20-23-26-30-39(2)3/h8-9,15,18,24,27,39-43,46H,4-7,10-14,16-17,19-23,25-26,28-38H2,1-3H3,(H,52,53)(H2,49,50,51)/b9-8-,18-15-,27-24-/t40-,41+,42?,43?/m0/s1. The second-order valence-corrected chi connectivity index (χ2v) is 19.2. The van der Waals surface area contributed by atoms with E-state index in [4.69, 9.17) is 33.0 Å². The molecule has 1 rings (SSSR count). The molecule has 0 radical (unpaired) electrons. The van der Waals surface area contributed by atoms with E-state index in [9.17, 15) is 28.7 Å². The summed E-state index contributed by atoms with van der Waals surface area (Å²) in [5, 5.41) is 9.77. The molecule has 0 saturated carbocycles. The van der Waals surface area contributed by atoms with E-state index in [2.05, 4.69) is 61.8 Å². The van der Waals surface area contributed by atoms with Crippen molar-refractivity contribution in [2.75, 3.05) is 26.4 Å². The van der Waals surface area contributed by atoms with Crippen molar-refractivity contribution in [3.63, 3.8) is 0 Å². The quantitative estimate of drug-likeness (QED) is 0.0148. The molecule has 16 heteroatoms. The van der Waals surface area contributed by atoms with E-state index in [0.29, 0.717) is 19.3 Å². The normalized spacial score (nSPS) is 17.7. The van der Waals surface area contributed by atoms with Gasteiger partial charge in [-0.3, -0.25) is 23.2 Å². The van der Waals surface area contributed by atoms with E-state index in [1.54, 1.807) is 0 Å². The molecule has 0 aliphatic carbocycles. The van der Waals surface area contributed by atoms with Crippen molar-refractivity contribution in [3.8, 4) is 0 Å². The fourth-order valence-electron chi connectivity index (χ4n) is 6.50. The predicted molar refractivity (Wildman–Crippen MR) is 239 cm³/mol. The molecule has 1 aliphatic rings. The number of phosphoric ester groups is 2. The zero-order valence-electron chi connectivity index (χ0n) is 37.6. The largest absolute Gasteiger partial charge is 0.472 e. The van der Waals surface area contributed by atoms with Gasteiger partial charge in [-0.1, -0.05) is 154 Å². The van der Waals surface area contributed by atoms with Crippen LogP contribution in [0.5, 0.6) is 0 Å². The number of rotatable bonds is 42. The molecule has 356 valence electrons. The maximum absolute atomic E-state index is 12.8. The summed E-state index contributed by atoms with van der Waals surface area (Å²) < 4.78 is 53.6. The van der Waals surface area contributed by atoms with Gasteiger partial charge in [-0.25, -0.2) is 9.13 Å². The predicted octanol–water partition coefficient (Wildman–Crippen LogP) is 10.9. The van der Waals surface area contributed by atoms with Crippen molar-refractivity contribution in [2.24, 2.45) is 5.92 Å². The topological polar surface area (TPSA) is 208 Å². The second-order valence-electron chi connectivity index (χ2n) is 16.5. The van der Waals surface area contributed by atoms with Crippen LogP contribution < -0.4 is 0 Å². The average molecular weight is 909 g/mol. The monoisotopic (exact) mass is 909 g/mol. The number of hydrogen-bond acceptors (Lipinski definition) is 11. The first-order valence-corrected chi connectivity index (χ1v) is 26.2. The number of carbonyl (C=O) groups excluding carboxylic acids is 2. The average Bonchev–Trinajstić information content (AvgIpc) is 3.96. The molecule has 5 atom stereocenters. The second kappa shape index (κ2) is 36.6. The summed E-state index contributed by atoms with van der Waals surface area (Å²) in [6.45, 7) is 3.99. The molecule has 14 nitrogen and oxygen atoms in total. The highest BCUT2D eigenvalue weighted by atomic mass is 31.2. The van der Waals surface area contributed by atoms with Gasteiger partial charge in [0.05, 0.1) is 32.0 Å². The molecule has 1 heterocycles. The van der Waals surface area contributed by atoms with Crippen LogP contribution in [0.15, 0.2) is 36.5 Å². The molecule has 1 fully saturated rings. The zero-order valence-corrected chi connectivity index (χ0v) is 39.4. The van der Waals surface area contributed by atoms with Gasteiger partial charge in [0.25, 0.3) is 0 Å². The summed E-state index contributed by atoms with van der Waals surface area (Å²) in [5.41, 5.74) is 0. The Hall–Kier alpha value is -1.70. The van der Waals surface area contributed by atoms with Gasteiger partial charge in [-0.2, -0.15) is 0 Å². The number of esters is 2. The van der Waals surface area contributed by atoms with Crippen molar-refractivity contribution in [1.82, 2.24) is 0 Å². The van der Waals surface area contributed by atoms with Gasteiger partial charge in [0.1, 0.15) is 12.7 Å². The Labute approximate surface area is 367 Å². The van der Waals surface area contributed by atoms with Crippen molar-refractivity contribution in [2.45, 2.75) is 206 Å². The molecule has 0 aromatic heterocycles. The Bertz CT molecular complexity index is 1300. The zero-order chi connectivity index (χ0) is 45.0. The van der Waals surface area contributed by atoms with Crippen LogP contribution in [0.2, 0.25) is 0 Å². The highest BCUT2D eigenvalue weighted by Gasteiger charge is 2.37. The minimum Gasteiger partial charge on any atom is -0.462 e. The van der Waals surface area contributed by atoms with Crippen LogP contribution in [0.1, 0.15) is 181 Å². The van der Waals surface area contributed by atoms with Gasteiger partial charge >= 0.3 is 27.6 Å². The number of allylic oxidation sites excluding steroid dienone is 5. The molecule has 0 bridgehead atoms. The van der Waals surface area contributed by atoms with Crippen molar-refractivity contribution < 1.29 is 66.3 Å². The fraction of sp³-hybridized carbons (Fsp3) is 0.822. The highest BCUT2D eigenvalue weighted by molar-refractivity contribution is 7.47. The summed E-state index contributed by atoms with van der Waals surface area (Å²) in [6.07, 6.45) is 35.8. The molecule has 1 aliphatic heterocycles. The summed E-state index contributed by atoms with van der Waals surface area (Å²) >= 11 is 0. The lowest BCUT2D eigenvalue weighted by Gasteiger charge is -2.20. The van der Waals surface area contributed by atoms with Crippen LogP contribution in [0.4, 0.5) is 0 Å². The maximum atomic E-state index is 12.8. The Morgan fingerprint density at radius 3 is 1.77 bits per heavy atom. The first-order chi connectivity index (χ1) is 29.2. The van der Waals surface area contributed by atoms with E-state index in [1.807, 2.05) is 0 Å². The van der Waals surface area contributed by atoms with Crippen LogP contribution in [-0.4, -0.2) is 82.6 Å². The Balaban J connectivity index is 2.39. The SMILES string of the molecule is CCCCC/C=C\C/C=C\C/C=C\CC1OC1CCCC(=O)O[C@H](COC(=O)CCCCCCCCCCCCCCCC(C)C)COP(=O)(O)OC[C@@H](O)COP(=O)(O)O. The molecule has 3 unspecified atom stereocenters. The highest BCUT2D eigenvalue weighted by Crippen LogP contribution is 2.44. The number of aliphatic hydroxyl groups excluding tert-OH is 1. The molecular weight excluding hydrogens is 826 g/mol. The van der Waals surface area contributed by atoms with Gasteiger partial charge in [0.2, 0.25) is 0 Å². The maximum Gasteiger partial charge on any atom is 0.472 e. The van der Waals surface area contributed by atoms with Crippen LogP contribution in [0.25, 0.3) is 0 Å². The molecule has 4 N–H and O–H groups in total. The van der Waals surface area contributed by atoms with Gasteiger partial charge < -0.3 is 34.0 Å². The molecule has 0 amide bonds. The third-order valence-corrected chi connectivity index (χ3v) is 11.6. The number of aliphatic hydroxyl groups is 1. The molecule has 0 aromatic rings. The van der Waals surface area contributed by atoms with E-state index in [-0.39, 0.29) is 25.0 Å². The van der Waals surface area contributed by atoms with E-state index < -0.39 is 66.2 Å². The Kier molecular flexibility index (Phi) is 34.4. The van der Waals surface area contributed by atoms with Crippen molar-refractivity contribution >= 4 is 27.6 Å². The lowest BCUT2D eigenvalue weighted by Crippen LogP contribution is -2.30. The van der Waals surface area contributed by atoms with Crippen LogP contribution in [0, 0.1) is 5.92 Å². The lowest BCUT2D eigenvalue weighted by molar-refractivity contribution is -0.161. The number of phosphoric acid groups is 2. The van der Waals surface area contributed by atoms with E-state index in [1.165, 1.54) is 83.5 Å².